The Labute approximate surface area is 199 Å². The zero-order valence-electron chi connectivity index (χ0n) is 19.8. The van der Waals surface area contributed by atoms with Gasteiger partial charge in [0.15, 0.2) is 0 Å². The molecule has 11 heteroatoms. The maximum absolute atomic E-state index is 13.0. The van der Waals surface area contributed by atoms with Crippen LogP contribution in [0.4, 0.5) is 5.95 Å². The molecule has 0 radical (unpaired) electrons. The van der Waals surface area contributed by atoms with Crippen molar-refractivity contribution < 1.29 is 13.2 Å². The third-order valence-corrected chi connectivity index (χ3v) is 7.86. The van der Waals surface area contributed by atoms with E-state index in [2.05, 4.69) is 19.8 Å². The van der Waals surface area contributed by atoms with Gasteiger partial charge in [0, 0.05) is 37.4 Å². The highest BCUT2D eigenvalue weighted by Gasteiger charge is 2.25. The number of sulfonamides is 1. The number of nitrogens with zero attached hydrogens (tertiary/aromatic N) is 5. The molecule has 2 aromatic heterocycles. The summed E-state index contributed by atoms with van der Waals surface area (Å²) in [6.07, 6.45) is 2.63. The van der Waals surface area contributed by atoms with E-state index in [1.54, 1.807) is 28.8 Å². The summed E-state index contributed by atoms with van der Waals surface area (Å²) in [6, 6.07) is 6.78. The molecule has 182 valence electrons. The molecule has 1 aromatic carbocycles. The fourth-order valence-electron chi connectivity index (χ4n) is 4.46. The lowest BCUT2D eigenvalue weighted by Gasteiger charge is -2.33. The number of aryl methyl sites for hydroxylation is 3. The van der Waals surface area contributed by atoms with Crippen LogP contribution in [0.5, 0.6) is 0 Å². The number of hydrogen-bond donors (Lipinski definition) is 2. The molecular formula is C23H31N7O3S. The zero-order chi connectivity index (χ0) is 24.5. The number of nitrogens with one attached hydrogen (secondary N) is 1. The number of carbonyl (C=O) groups is 1. The van der Waals surface area contributed by atoms with Crippen molar-refractivity contribution in [3.05, 3.63) is 46.8 Å². The van der Waals surface area contributed by atoms with E-state index < -0.39 is 10.0 Å². The Hall–Kier alpha value is -3.05. The first kappa shape index (κ1) is 24.1. The van der Waals surface area contributed by atoms with Crippen LogP contribution in [0, 0.1) is 26.7 Å². The lowest BCUT2D eigenvalue weighted by Crippen LogP contribution is -2.43. The van der Waals surface area contributed by atoms with Crippen molar-refractivity contribution in [2.45, 2.75) is 51.3 Å². The average molecular weight is 486 g/mol. The van der Waals surface area contributed by atoms with Crippen molar-refractivity contribution >= 4 is 27.7 Å². The molecule has 1 aliphatic rings. The van der Waals surface area contributed by atoms with Gasteiger partial charge in [-0.1, -0.05) is 17.7 Å². The highest BCUT2D eigenvalue weighted by atomic mass is 32.2. The SMILES string of the molecule is Cc1ccc(S(=O)(=O)NCC2CCCN(C(=O)CCc3c(C)nc4nc(N)nn4c3C)C2)cc1. The van der Waals surface area contributed by atoms with Crippen molar-refractivity contribution in [3.8, 4) is 0 Å². The van der Waals surface area contributed by atoms with Gasteiger partial charge in [-0.15, -0.1) is 5.10 Å². The van der Waals surface area contributed by atoms with Gasteiger partial charge in [0.1, 0.15) is 0 Å². The minimum absolute atomic E-state index is 0.0584. The third kappa shape index (κ3) is 5.20. The second-order valence-electron chi connectivity index (χ2n) is 8.96. The van der Waals surface area contributed by atoms with Crippen LogP contribution in [-0.2, 0) is 21.2 Å². The summed E-state index contributed by atoms with van der Waals surface area (Å²) in [7, 11) is -3.57. The molecule has 3 heterocycles. The van der Waals surface area contributed by atoms with Crippen LogP contribution < -0.4 is 10.5 Å². The first-order valence-corrected chi connectivity index (χ1v) is 12.9. The molecule has 0 bridgehead atoms. The van der Waals surface area contributed by atoms with Crippen LogP contribution in [0.3, 0.4) is 0 Å². The van der Waals surface area contributed by atoms with Gasteiger partial charge >= 0.3 is 0 Å². The number of piperidine rings is 1. The Morgan fingerprint density at radius 3 is 2.65 bits per heavy atom. The van der Waals surface area contributed by atoms with Crippen LogP contribution in [-0.4, -0.2) is 58.4 Å². The summed E-state index contributed by atoms with van der Waals surface area (Å²) in [5, 5.41) is 4.18. The molecule has 1 saturated heterocycles. The molecule has 1 aliphatic heterocycles. The van der Waals surface area contributed by atoms with E-state index in [4.69, 9.17) is 5.73 Å². The second-order valence-corrected chi connectivity index (χ2v) is 10.7. The second kappa shape index (κ2) is 9.67. The average Bonchev–Trinajstić information content (AvgIpc) is 3.18. The van der Waals surface area contributed by atoms with Crippen LogP contribution >= 0.6 is 0 Å². The van der Waals surface area contributed by atoms with Crippen LogP contribution in [0.1, 0.15) is 41.8 Å². The molecule has 10 nitrogen and oxygen atoms in total. The molecule has 1 unspecified atom stereocenters. The quantitative estimate of drug-likeness (QED) is 0.521. The van der Waals surface area contributed by atoms with Crippen molar-refractivity contribution in [1.82, 2.24) is 29.2 Å². The Bertz CT molecular complexity index is 1300. The standard InChI is InChI=1S/C23H31N7O3S/c1-15-6-8-19(9-7-15)34(32,33)25-13-18-5-4-12-29(14-18)21(31)11-10-20-16(2)26-23-27-22(24)28-30(23)17(20)3/h6-9,18,25H,4-5,10-14H2,1-3H3,(H2,24,28). The minimum atomic E-state index is -3.57. The molecule has 0 spiro atoms. The van der Waals surface area contributed by atoms with Gasteiger partial charge in [-0.2, -0.15) is 9.50 Å². The van der Waals surface area contributed by atoms with Gasteiger partial charge in [0.25, 0.3) is 5.78 Å². The van der Waals surface area contributed by atoms with E-state index in [0.717, 1.165) is 35.4 Å². The summed E-state index contributed by atoms with van der Waals surface area (Å²) in [6.45, 7) is 7.28. The molecule has 4 rings (SSSR count). The number of benzene rings is 1. The highest BCUT2D eigenvalue weighted by Crippen LogP contribution is 2.20. The molecule has 1 fully saturated rings. The van der Waals surface area contributed by atoms with Crippen molar-refractivity contribution in [3.63, 3.8) is 0 Å². The van der Waals surface area contributed by atoms with Gasteiger partial charge in [0.05, 0.1) is 4.90 Å². The van der Waals surface area contributed by atoms with E-state index in [0.29, 0.717) is 38.3 Å². The molecular weight excluding hydrogens is 454 g/mol. The van der Waals surface area contributed by atoms with E-state index in [9.17, 15) is 13.2 Å². The first-order valence-electron chi connectivity index (χ1n) is 11.5. The lowest BCUT2D eigenvalue weighted by molar-refractivity contribution is -0.132. The first-order chi connectivity index (χ1) is 16.1. The van der Waals surface area contributed by atoms with E-state index in [-0.39, 0.29) is 22.7 Å². The zero-order valence-corrected chi connectivity index (χ0v) is 20.6. The summed E-state index contributed by atoms with van der Waals surface area (Å²) >= 11 is 0. The van der Waals surface area contributed by atoms with Crippen LogP contribution in [0.15, 0.2) is 29.2 Å². The number of aromatic nitrogens is 4. The number of rotatable bonds is 7. The minimum Gasteiger partial charge on any atom is -0.366 e. The predicted molar refractivity (Wildman–Crippen MR) is 129 cm³/mol. The van der Waals surface area contributed by atoms with Crippen LogP contribution in [0.2, 0.25) is 0 Å². The van der Waals surface area contributed by atoms with E-state index in [1.165, 1.54) is 0 Å². The molecule has 34 heavy (non-hydrogen) atoms. The summed E-state index contributed by atoms with van der Waals surface area (Å²) in [5.41, 5.74) is 9.35. The smallest absolute Gasteiger partial charge is 0.254 e. The van der Waals surface area contributed by atoms with Gasteiger partial charge in [-0.05, 0) is 63.6 Å². The number of anilines is 1. The number of nitrogens with two attached hydrogens (primary N) is 1. The predicted octanol–water partition coefficient (Wildman–Crippen LogP) is 1.78. The van der Waals surface area contributed by atoms with Gasteiger partial charge < -0.3 is 10.6 Å². The number of carbonyl (C=O) groups excluding carboxylic acids is 1. The summed E-state index contributed by atoms with van der Waals surface area (Å²) in [4.78, 5) is 23.6. The normalized spacial score (nSPS) is 16.8. The Morgan fingerprint density at radius 2 is 1.91 bits per heavy atom. The fourth-order valence-corrected chi connectivity index (χ4v) is 5.58. The number of nitrogen functional groups attached to an aromatic ring is 1. The molecule has 3 N–H and O–H groups in total. The van der Waals surface area contributed by atoms with Gasteiger partial charge in [-0.3, -0.25) is 4.79 Å². The van der Waals surface area contributed by atoms with Crippen LogP contribution in [0.25, 0.3) is 5.78 Å². The number of fused-ring (bicyclic) bond motifs is 1. The van der Waals surface area contributed by atoms with Gasteiger partial charge in [0.2, 0.25) is 21.9 Å². The van der Waals surface area contributed by atoms with Crippen molar-refractivity contribution in [1.29, 1.82) is 0 Å². The Balaban J connectivity index is 1.35. The summed E-state index contributed by atoms with van der Waals surface area (Å²) in [5.74, 6) is 0.760. The molecule has 3 aromatic rings. The van der Waals surface area contributed by atoms with Crippen molar-refractivity contribution in [2.24, 2.45) is 5.92 Å². The topological polar surface area (TPSA) is 136 Å². The largest absolute Gasteiger partial charge is 0.366 e. The number of hydrogen-bond acceptors (Lipinski definition) is 7. The lowest BCUT2D eigenvalue weighted by atomic mass is 9.97. The fraction of sp³-hybridized carbons (Fsp3) is 0.478. The number of likely N-dealkylation sites (tertiary alicyclic amines) is 1. The summed E-state index contributed by atoms with van der Waals surface area (Å²) < 4.78 is 29.5. The van der Waals surface area contributed by atoms with E-state index in [1.807, 2.05) is 25.7 Å². The Morgan fingerprint density at radius 1 is 1.18 bits per heavy atom. The molecule has 1 amide bonds. The molecule has 1 atom stereocenters. The molecule has 0 saturated carbocycles. The molecule has 0 aliphatic carbocycles. The third-order valence-electron chi connectivity index (χ3n) is 6.42. The number of amides is 1. The maximum atomic E-state index is 13.0. The highest BCUT2D eigenvalue weighted by molar-refractivity contribution is 7.89. The van der Waals surface area contributed by atoms with E-state index >= 15 is 0 Å². The van der Waals surface area contributed by atoms with Gasteiger partial charge in [-0.25, -0.2) is 18.1 Å². The Kier molecular flexibility index (Phi) is 6.85. The van der Waals surface area contributed by atoms with Crippen molar-refractivity contribution in [2.75, 3.05) is 25.4 Å². The maximum Gasteiger partial charge on any atom is 0.254 e. The monoisotopic (exact) mass is 485 g/mol.